The summed E-state index contributed by atoms with van der Waals surface area (Å²) in [7, 11) is 0. The van der Waals surface area contributed by atoms with Crippen molar-refractivity contribution in [2.24, 2.45) is 5.92 Å². The minimum atomic E-state index is 0.118. The molecule has 148 valence electrons. The second-order valence-electron chi connectivity index (χ2n) is 8.08. The molecule has 4 rings (SSSR count). The number of likely N-dealkylation sites (tertiary alicyclic amines) is 1. The summed E-state index contributed by atoms with van der Waals surface area (Å²) in [4.78, 5) is 15.1. The van der Waals surface area contributed by atoms with E-state index < -0.39 is 0 Å². The molecular weight excluding hydrogens is 368 g/mol. The van der Waals surface area contributed by atoms with Crippen LogP contribution >= 0.6 is 12.2 Å². The summed E-state index contributed by atoms with van der Waals surface area (Å²) in [5.41, 5.74) is 2.02. The molecule has 2 aliphatic rings. The smallest absolute Gasteiger partial charge is 0.199 e. The monoisotopic (exact) mass is 396 g/mol. The van der Waals surface area contributed by atoms with E-state index in [-0.39, 0.29) is 11.7 Å². The third-order valence-electron chi connectivity index (χ3n) is 5.83. The molecule has 6 heteroatoms. The van der Waals surface area contributed by atoms with Gasteiger partial charge in [-0.25, -0.2) is 4.68 Å². The highest BCUT2D eigenvalue weighted by atomic mass is 32.1. The highest BCUT2D eigenvalue weighted by Crippen LogP contribution is 2.39. The number of allylic oxidation sites excluding steroid dienone is 1. The molecule has 1 aromatic heterocycles. The van der Waals surface area contributed by atoms with Gasteiger partial charge in [0.15, 0.2) is 10.6 Å². The number of aryl methyl sites for hydroxylation is 1. The predicted molar refractivity (Wildman–Crippen MR) is 113 cm³/mol. The maximum atomic E-state index is 12.8. The SMILES string of the molecule is C=CCn1c(C2CC2)nn(CN2CCC(C(=O)c3ccc(C)cc3)CC2)c1=S. The van der Waals surface area contributed by atoms with Crippen LogP contribution in [0.3, 0.4) is 0 Å². The summed E-state index contributed by atoms with van der Waals surface area (Å²) in [6.45, 7) is 9.12. The Bertz CT molecular complexity index is 915. The Kier molecular flexibility index (Phi) is 5.60. The van der Waals surface area contributed by atoms with E-state index in [4.69, 9.17) is 17.3 Å². The summed E-state index contributed by atoms with van der Waals surface area (Å²) in [5, 5.41) is 4.81. The van der Waals surface area contributed by atoms with Gasteiger partial charge in [0.05, 0.1) is 6.67 Å². The summed E-state index contributed by atoms with van der Waals surface area (Å²) in [5.74, 6) is 2.06. The van der Waals surface area contributed by atoms with Crippen molar-refractivity contribution >= 4 is 18.0 Å². The van der Waals surface area contributed by atoms with Crippen LogP contribution in [0.1, 0.15) is 53.3 Å². The van der Waals surface area contributed by atoms with Crippen molar-refractivity contribution in [3.8, 4) is 0 Å². The number of carbonyl (C=O) groups excluding carboxylic acids is 1. The zero-order valence-electron chi connectivity index (χ0n) is 16.5. The lowest BCUT2D eigenvalue weighted by atomic mass is 9.89. The molecule has 0 atom stereocenters. The van der Waals surface area contributed by atoms with Crippen LogP contribution in [-0.2, 0) is 13.2 Å². The van der Waals surface area contributed by atoms with Gasteiger partial charge in [-0.2, -0.15) is 5.10 Å². The summed E-state index contributed by atoms with van der Waals surface area (Å²) >= 11 is 5.67. The molecule has 1 aliphatic carbocycles. The number of rotatable bonds is 7. The molecule has 0 radical (unpaired) electrons. The fraction of sp³-hybridized carbons (Fsp3) is 0.500. The van der Waals surface area contributed by atoms with E-state index in [1.54, 1.807) is 0 Å². The number of hydrogen-bond acceptors (Lipinski definition) is 4. The molecule has 0 amide bonds. The third kappa shape index (κ3) is 4.03. The normalized spacial score (nSPS) is 18.3. The molecule has 2 aromatic rings. The van der Waals surface area contributed by atoms with Crippen LogP contribution in [0.25, 0.3) is 0 Å². The standard InChI is InChI=1S/C22H28N4OS/c1-3-12-25-21(19-8-9-19)23-26(22(25)28)15-24-13-10-18(11-14-24)20(27)17-6-4-16(2)5-7-17/h3-7,18-19H,1,8-15H2,2H3. The third-order valence-corrected chi connectivity index (χ3v) is 6.27. The van der Waals surface area contributed by atoms with E-state index in [0.29, 0.717) is 12.6 Å². The van der Waals surface area contributed by atoms with Gasteiger partial charge in [-0.15, -0.1) is 6.58 Å². The van der Waals surface area contributed by atoms with Crippen molar-refractivity contribution in [1.82, 2.24) is 19.2 Å². The van der Waals surface area contributed by atoms with Gasteiger partial charge >= 0.3 is 0 Å². The summed E-state index contributed by atoms with van der Waals surface area (Å²) < 4.78 is 4.85. The van der Waals surface area contributed by atoms with Crippen LogP contribution in [0, 0.1) is 17.6 Å². The van der Waals surface area contributed by atoms with Crippen molar-refractivity contribution < 1.29 is 4.79 Å². The largest absolute Gasteiger partial charge is 0.300 e. The number of hydrogen-bond donors (Lipinski definition) is 0. The van der Waals surface area contributed by atoms with Crippen molar-refractivity contribution in [2.75, 3.05) is 13.1 Å². The second-order valence-corrected chi connectivity index (χ2v) is 8.44. The Balaban J connectivity index is 1.39. The number of carbonyl (C=O) groups is 1. The average molecular weight is 397 g/mol. The maximum absolute atomic E-state index is 12.8. The number of aromatic nitrogens is 3. The summed E-state index contributed by atoms with van der Waals surface area (Å²) in [6, 6.07) is 7.94. The molecule has 1 aliphatic heterocycles. The van der Waals surface area contributed by atoms with Crippen LogP contribution in [0.2, 0.25) is 0 Å². The first-order valence-electron chi connectivity index (χ1n) is 10.2. The van der Waals surface area contributed by atoms with Crippen LogP contribution in [0.4, 0.5) is 0 Å². The fourth-order valence-corrected chi connectivity index (χ4v) is 4.24. The van der Waals surface area contributed by atoms with Gasteiger partial charge in [-0.3, -0.25) is 14.3 Å². The van der Waals surface area contributed by atoms with Crippen molar-refractivity contribution in [2.45, 2.75) is 51.7 Å². The van der Waals surface area contributed by atoms with E-state index in [0.717, 1.165) is 48.6 Å². The highest BCUT2D eigenvalue weighted by Gasteiger charge is 2.31. The number of benzene rings is 1. The molecule has 1 saturated heterocycles. The first-order valence-corrected chi connectivity index (χ1v) is 10.6. The molecule has 2 heterocycles. The van der Waals surface area contributed by atoms with Crippen molar-refractivity contribution in [3.63, 3.8) is 0 Å². The molecule has 1 aromatic carbocycles. The first-order chi connectivity index (χ1) is 13.6. The van der Waals surface area contributed by atoms with E-state index in [2.05, 4.69) is 16.0 Å². The van der Waals surface area contributed by atoms with Gasteiger partial charge < -0.3 is 0 Å². The first kappa shape index (κ1) is 19.3. The molecule has 2 fully saturated rings. The molecule has 5 nitrogen and oxygen atoms in total. The Morgan fingerprint density at radius 3 is 2.50 bits per heavy atom. The highest BCUT2D eigenvalue weighted by molar-refractivity contribution is 7.71. The minimum absolute atomic E-state index is 0.118. The molecule has 0 N–H and O–H groups in total. The van der Waals surface area contributed by atoms with Crippen LogP contribution < -0.4 is 0 Å². The zero-order chi connectivity index (χ0) is 19.7. The van der Waals surface area contributed by atoms with E-state index >= 15 is 0 Å². The summed E-state index contributed by atoms with van der Waals surface area (Å²) in [6.07, 6.45) is 6.08. The lowest BCUT2D eigenvalue weighted by molar-refractivity contribution is 0.0803. The quantitative estimate of drug-likeness (QED) is 0.397. The lowest BCUT2D eigenvalue weighted by Gasteiger charge is -2.30. The van der Waals surface area contributed by atoms with Gasteiger partial charge in [0.2, 0.25) is 0 Å². The van der Waals surface area contributed by atoms with E-state index in [9.17, 15) is 4.79 Å². The zero-order valence-corrected chi connectivity index (χ0v) is 17.3. The molecule has 1 saturated carbocycles. The molecular formula is C22H28N4OS. The lowest BCUT2D eigenvalue weighted by Crippen LogP contribution is -2.37. The van der Waals surface area contributed by atoms with Gasteiger partial charge in [-0.05, 0) is 44.8 Å². The Hall–Kier alpha value is -2.05. The Morgan fingerprint density at radius 2 is 1.89 bits per heavy atom. The van der Waals surface area contributed by atoms with Crippen LogP contribution in [0.5, 0.6) is 0 Å². The van der Waals surface area contributed by atoms with Gasteiger partial charge in [0, 0.05) is 37.0 Å². The molecule has 0 unspecified atom stereocenters. The van der Waals surface area contributed by atoms with Gasteiger partial charge in [-0.1, -0.05) is 35.9 Å². The van der Waals surface area contributed by atoms with E-state index in [1.807, 2.05) is 41.9 Å². The van der Waals surface area contributed by atoms with E-state index in [1.165, 1.54) is 18.4 Å². The average Bonchev–Trinajstić information content (AvgIpc) is 3.50. The van der Waals surface area contributed by atoms with Crippen molar-refractivity contribution in [3.05, 3.63) is 58.6 Å². The topological polar surface area (TPSA) is 43.1 Å². The van der Waals surface area contributed by atoms with Crippen molar-refractivity contribution in [1.29, 1.82) is 0 Å². The number of Topliss-reactive ketones (excluding diaryl/α,β-unsaturated/α-hetero) is 1. The van der Waals surface area contributed by atoms with Crippen LogP contribution in [-0.4, -0.2) is 38.1 Å². The maximum Gasteiger partial charge on any atom is 0.199 e. The van der Waals surface area contributed by atoms with Gasteiger partial charge in [0.1, 0.15) is 5.82 Å². The Labute approximate surface area is 171 Å². The minimum Gasteiger partial charge on any atom is -0.300 e. The second kappa shape index (κ2) is 8.13. The molecule has 0 spiro atoms. The van der Waals surface area contributed by atoms with Crippen LogP contribution in [0.15, 0.2) is 36.9 Å². The Morgan fingerprint density at radius 1 is 1.21 bits per heavy atom. The van der Waals surface area contributed by atoms with Gasteiger partial charge in [0.25, 0.3) is 0 Å². The number of nitrogens with zero attached hydrogens (tertiary/aromatic N) is 4. The molecule has 28 heavy (non-hydrogen) atoms. The number of ketones is 1. The molecule has 0 bridgehead atoms. The predicted octanol–water partition coefficient (Wildman–Crippen LogP) is 4.34. The fourth-order valence-electron chi connectivity index (χ4n) is 3.97. The number of piperidine rings is 1.